The van der Waals surface area contributed by atoms with Gasteiger partial charge in [0.15, 0.2) is 0 Å². The molecule has 0 bridgehead atoms. The van der Waals surface area contributed by atoms with Gasteiger partial charge in [0.25, 0.3) is 0 Å². The van der Waals surface area contributed by atoms with E-state index in [-0.39, 0.29) is 5.82 Å². The first-order chi connectivity index (χ1) is 7.70. The Kier molecular flexibility index (Phi) is 5.26. The molecular weight excluding hydrogens is 203 g/mol. The summed E-state index contributed by atoms with van der Waals surface area (Å²) >= 11 is 0. The summed E-state index contributed by atoms with van der Waals surface area (Å²) in [6.45, 7) is 3.57. The number of hydrogen-bond donors (Lipinski definition) is 1. The molecule has 1 aromatic carbocycles. The summed E-state index contributed by atoms with van der Waals surface area (Å²) in [5.74, 6) is -0.149. The van der Waals surface area contributed by atoms with Gasteiger partial charge in [-0.15, -0.1) is 0 Å². The van der Waals surface area contributed by atoms with Crippen LogP contribution in [0.15, 0.2) is 18.2 Å². The summed E-state index contributed by atoms with van der Waals surface area (Å²) in [6.07, 6.45) is 2.92. The van der Waals surface area contributed by atoms with Gasteiger partial charge in [0, 0.05) is 13.6 Å². The van der Waals surface area contributed by atoms with Gasteiger partial charge < -0.3 is 10.6 Å². The van der Waals surface area contributed by atoms with E-state index in [9.17, 15) is 4.39 Å². The summed E-state index contributed by atoms with van der Waals surface area (Å²) < 4.78 is 13.8. The van der Waals surface area contributed by atoms with Crippen molar-refractivity contribution >= 4 is 5.69 Å². The van der Waals surface area contributed by atoms with Gasteiger partial charge in [-0.3, -0.25) is 0 Å². The third kappa shape index (κ3) is 3.20. The van der Waals surface area contributed by atoms with Crippen molar-refractivity contribution < 1.29 is 4.39 Å². The van der Waals surface area contributed by atoms with Crippen LogP contribution in [-0.2, 0) is 6.42 Å². The number of hydrogen-bond acceptors (Lipinski definition) is 2. The Morgan fingerprint density at radius 3 is 2.75 bits per heavy atom. The first kappa shape index (κ1) is 13.0. The van der Waals surface area contributed by atoms with E-state index in [1.54, 1.807) is 6.07 Å². The normalized spacial score (nSPS) is 10.5. The van der Waals surface area contributed by atoms with Gasteiger partial charge in [-0.05, 0) is 31.0 Å². The second-order valence-electron chi connectivity index (χ2n) is 4.06. The zero-order chi connectivity index (χ0) is 12.0. The minimum absolute atomic E-state index is 0.149. The maximum Gasteiger partial charge on any atom is 0.146 e. The van der Waals surface area contributed by atoms with Crippen LogP contribution in [0.1, 0.15) is 25.3 Å². The molecular formula is C13H21FN2. The predicted molar refractivity (Wildman–Crippen MR) is 67.3 cm³/mol. The van der Waals surface area contributed by atoms with Crippen LogP contribution in [0, 0.1) is 5.82 Å². The standard InChI is InChI=1S/C13H21FN2/c1-3-4-10-16(2)13-11(8-9-15)6-5-7-12(13)14/h5-7H,3-4,8-10,15H2,1-2H3. The van der Waals surface area contributed by atoms with E-state index in [2.05, 4.69) is 6.92 Å². The maximum absolute atomic E-state index is 13.8. The Bertz CT molecular complexity index is 326. The molecule has 0 heterocycles. The number of benzene rings is 1. The van der Waals surface area contributed by atoms with E-state index in [1.165, 1.54) is 6.07 Å². The Hall–Kier alpha value is -1.09. The SMILES string of the molecule is CCCCN(C)c1c(F)cccc1CCN. The lowest BCUT2D eigenvalue weighted by Crippen LogP contribution is -2.22. The topological polar surface area (TPSA) is 29.3 Å². The van der Waals surface area contributed by atoms with Crippen LogP contribution in [0.5, 0.6) is 0 Å². The van der Waals surface area contributed by atoms with Crippen LogP contribution < -0.4 is 10.6 Å². The highest BCUT2D eigenvalue weighted by Gasteiger charge is 2.11. The molecule has 16 heavy (non-hydrogen) atoms. The lowest BCUT2D eigenvalue weighted by Gasteiger charge is -2.22. The zero-order valence-electron chi connectivity index (χ0n) is 10.2. The number of halogens is 1. The fraction of sp³-hybridized carbons (Fsp3) is 0.538. The van der Waals surface area contributed by atoms with Crippen LogP contribution >= 0.6 is 0 Å². The minimum atomic E-state index is -0.149. The first-order valence-electron chi connectivity index (χ1n) is 5.89. The quantitative estimate of drug-likeness (QED) is 0.804. The van der Waals surface area contributed by atoms with Gasteiger partial charge in [0.1, 0.15) is 5.82 Å². The third-order valence-corrected chi connectivity index (χ3v) is 2.71. The average Bonchev–Trinajstić information content (AvgIpc) is 2.26. The fourth-order valence-electron chi connectivity index (χ4n) is 1.85. The molecule has 0 saturated carbocycles. The number of unbranched alkanes of at least 4 members (excludes halogenated alkanes) is 1. The highest BCUT2D eigenvalue weighted by molar-refractivity contribution is 5.54. The Morgan fingerprint density at radius 2 is 2.12 bits per heavy atom. The number of nitrogens with two attached hydrogens (primary N) is 1. The molecule has 0 fully saturated rings. The Morgan fingerprint density at radius 1 is 1.38 bits per heavy atom. The molecule has 0 amide bonds. The van der Waals surface area contributed by atoms with Gasteiger partial charge in [-0.25, -0.2) is 4.39 Å². The second kappa shape index (κ2) is 6.48. The van der Waals surface area contributed by atoms with Gasteiger partial charge in [0.05, 0.1) is 5.69 Å². The number of nitrogens with zero attached hydrogens (tertiary/aromatic N) is 1. The molecule has 3 heteroatoms. The van der Waals surface area contributed by atoms with Gasteiger partial charge in [-0.2, -0.15) is 0 Å². The lowest BCUT2D eigenvalue weighted by molar-refractivity contribution is 0.616. The molecule has 1 rings (SSSR count). The van der Waals surface area contributed by atoms with Crippen molar-refractivity contribution in [1.29, 1.82) is 0 Å². The van der Waals surface area contributed by atoms with E-state index >= 15 is 0 Å². The first-order valence-corrected chi connectivity index (χ1v) is 5.89. The summed E-state index contributed by atoms with van der Waals surface area (Å²) in [7, 11) is 1.94. The summed E-state index contributed by atoms with van der Waals surface area (Å²) in [5, 5.41) is 0. The molecule has 0 saturated heterocycles. The van der Waals surface area contributed by atoms with E-state index in [1.807, 2.05) is 18.0 Å². The van der Waals surface area contributed by atoms with Crippen LogP contribution in [0.25, 0.3) is 0 Å². The summed E-state index contributed by atoms with van der Waals surface area (Å²) in [5.41, 5.74) is 7.25. The average molecular weight is 224 g/mol. The molecule has 0 unspecified atom stereocenters. The van der Waals surface area contributed by atoms with Gasteiger partial charge in [0.2, 0.25) is 0 Å². The van der Waals surface area contributed by atoms with Gasteiger partial charge >= 0.3 is 0 Å². The van der Waals surface area contributed by atoms with Crippen LogP contribution in [0.3, 0.4) is 0 Å². The molecule has 0 spiro atoms. The Balaban J connectivity index is 2.90. The number of anilines is 1. The van der Waals surface area contributed by atoms with Crippen molar-refractivity contribution in [2.45, 2.75) is 26.2 Å². The molecule has 0 radical (unpaired) electrons. The van der Waals surface area contributed by atoms with E-state index < -0.39 is 0 Å². The molecule has 0 aliphatic carbocycles. The van der Waals surface area contributed by atoms with Crippen LogP contribution in [0.4, 0.5) is 10.1 Å². The van der Waals surface area contributed by atoms with Crippen molar-refractivity contribution in [3.63, 3.8) is 0 Å². The zero-order valence-corrected chi connectivity index (χ0v) is 10.2. The summed E-state index contributed by atoms with van der Waals surface area (Å²) in [6, 6.07) is 5.21. The lowest BCUT2D eigenvalue weighted by atomic mass is 10.1. The fourth-order valence-corrected chi connectivity index (χ4v) is 1.85. The highest BCUT2D eigenvalue weighted by atomic mass is 19.1. The highest BCUT2D eigenvalue weighted by Crippen LogP contribution is 2.24. The van der Waals surface area contributed by atoms with Crippen molar-refractivity contribution in [2.75, 3.05) is 25.0 Å². The van der Waals surface area contributed by atoms with Crippen LogP contribution in [-0.4, -0.2) is 20.1 Å². The van der Waals surface area contributed by atoms with Crippen molar-refractivity contribution in [1.82, 2.24) is 0 Å². The maximum atomic E-state index is 13.8. The molecule has 0 atom stereocenters. The largest absolute Gasteiger partial charge is 0.372 e. The molecule has 0 aromatic heterocycles. The summed E-state index contributed by atoms with van der Waals surface area (Å²) in [4.78, 5) is 1.99. The monoisotopic (exact) mass is 224 g/mol. The Labute approximate surface area is 97.3 Å². The number of para-hydroxylation sites is 1. The smallest absolute Gasteiger partial charge is 0.146 e. The van der Waals surface area contributed by atoms with E-state index in [4.69, 9.17) is 5.73 Å². The molecule has 1 aromatic rings. The van der Waals surface area contributed by atoms with Crippen LogP contribution in [0.2, 0.25) is 0 Å². The molecule has 90 valence electrons. The molecule has 2 N–H and O–H groups in total. The second-order valence-corrected chi connectivity index (χ2v) is 4.06. The van der Waals surface area contributed by atoms with Gasteiger partial charge in [-0.1, -0.05) is 25.5 Å². The molecule has 2 nitrogen and oxygen atoms in total. The van der Waals surface area contributed by atoms with Crippen molar-refractivity contribution in [2.24, 2.45) is 5.73 Å². The third-order valence-electron chi connectivity index (χ3n) is 2.71. The van der Waals surface area contributed by atoms with E-state index in [0.717, 1.165) is 31.4 Å². The van der Waals surface area contributed by atoms with Crippen molar-refractivity contribution in [3.05, 3.63) is 29.6 Å². The number of rotatable bonds is 6. The molecule has 0 aliphatic heterocycles. The molecule has 0 aliphatic rings. The van der Waals surface area contributed by atoms with E-state index in [0.29, 0.717) is 12.2 Å². The van der Waals surface area contributed by atoms with Crippen molar-refractivity contribution in [3.8, 4) is 0 Å². The predicted octanol–water partition coefficient (Wildman–Crippen LogP) is 2.56. The minimum Gasteiger partial charge on any atom is -0.372 e.